The molecule has 2 aliphatic carbocycles. The van der Waals surface area contributed by atoms with E-state index < -0.39 is 5.41 Å². The van der Waals surface area contributed by atoms with Crippen LogP contribution in [-0.2, 0) is 5.41 Å². The lowest BCUT2D eigenvalue weighted by Gasteiger charge is -2.33. The van der Waals surface area contributed by atoms with Gasteiger partial charge in [-0.1, -0.05) is 127 Å². The molecule has 4 aliphatic rings. The normalized spacial score (nSPS) is 14.4. The predicted octanol–water partition coefficient (Wildman–Crippen LogP) is 13.5. The number of hydrogen-bond acceptors (Lipinski definition) is 4. The molecule has 248 valence electrons. The van der Waals surface area contributed by atoms with Gasteiger partial charge in [0.05, 0.1) is 16.8 Å². The third-order valence-electron chi connectivity index (χ3n) is 11.3. The quantitative estimate of drug-likeness (QED) is 0.179. The van der Waals surface area contributed by atoms with E-state index in [-0.39, 0.29) is 0 Å². The van der Waals surface area contributed by atoms with Crippen LogP contribution in [0.3, 0.4) is 0 Å². The number of para-hydroxylation sites is 4. The van der Waals surface area contributed by atoms with E-state index in [0.717, 1.165) is 34.2 Å². The van der Waals surface area contributed by atoms with Crippen LogP contribution in [-0.4, -0.2) is 0 Å². The summed E-state index contributed by atoms with van der Waals surface area (Å²) < 4.78 is 13.3. The highest BCUT2D eigenvalue weighted by Crippen LogP contribution is 2.66. The van der Waals surface area contributed by atoms with Crippen LogP contribution in [0.2, 0.25) is 0 Å². The van der Waals surface area contributed by atoms with Crippen molar-refractivity contribution in [3.63, 3.8) is 0 Å². The Hall–Kier alpha value is -6.49. The Morgan fingerprint density at radius 3 is 1.77 bits per heavy atom. The summed E-state index contributed by atoms with van der Waals surface area (Å²) in [6.07, 6.45) is 0. The molecule has 0 radical (unpaired) electrons. The monoisotopic (exact) mass is 695 g/mol. The van der Waals surface area contributed by atoms with Crippen LogP contribution in [0.25, 0.3) is 33.4 Å². The summed E-state index contributed by atoms with van der Waals surface area (Å²) in [5.74, 6) is 2.98. The molecule has 0 saturated heterocycles. The topological polar surface area (TPSA) is 21.7 Å². The standard InChI is InChI=1S/C49H29NO2S/c1-3-16-36-33(14-1)34-15-2-4-17-37(34)49(36)38-26-27-44-48(52-43-21-8-7-20-42(43)51-44)47(38)35-25-24-31(29-39(35)49)30-12-11-13-32(28-30)50-40-18-5-9-22-45(40)53-46-23-10-6-19-41(46)50/h1-29H. The average molecular weight is 696 g/mol. The van der Waals surface area contributed by atoms with Crippen molar-refractivity contribution in [1.29, 1.82) is 0 Å². The maximum atomic E-state index is 6.78. The van der Waals surface area contributed by atoms with Gasteiger partial charge in [0.1, 0.15) is 0 Å². The Kier molecular flexibility index (Phi) is 5.92. The molecule has 0 N–H and O–H groups in total. The Labute approximate surface area is 311 Å². The molecule has 8 aromatic rings. The van der Waals surface area contributed by atoms with Crippen LogP contribution >= 0.6 is 11.8 Å². The van der Waals surface area contributed by atoms with Gasteiger partial charge in [0.25, 0.3) is 0 Å². The maximum Gasteiger partial charge on any atom is 0.178 e. The van der Waals surface area contributed by atoms with Gasteiger partial charge in [0.2, 0.25) is 0 Å². The molecule has 2 aliphatic heterocycles. The zero-order valence-electron chi connectivity index (χ0n) is 28.4. The molecular formula is C49H29NO2S. The van der Waals surface area contributed by atoms with Crippen molar-refractivity contribution < 1.29 is 9.47 Å². The van der Waals surface area contributed by atoms with Crippen LogP contribution in [0.15, 0.2) is 186 Å². The van der Waals surface area contributed by atoms with Gasteiger partial charge in [-0.3, -0.25) is 0 Å². The van der Waals surface area contributed by atoms with Gasteiger partial charge >= 0.3 is 0 Å². The number of rotatable bonds is 2. The third kappa shape index (κ3) is 3.91. The summed E-state index contributed by atoms with van der Waals surface area (Å²) in [5, 5.41) is 0. The largest absolute Gasteiger partial charge is 0.449 e. The van der Waals surface area contributed by atoms with E-state index in [1.165, 1.54) is 71.2 Å². The van der Waals surface area contributed by atoms with Crippen LogP contribution < -0.4 is 14.4 Å². The number of benzene rings is 8. The SMILES string of the molecule is c1cc(-c2ccc3c(c2)C2(c4ccccc4-c4ccccc42)c2ccc4c(c2-3)Oc2ccccc2O4)cc(N2c3ccccc3Sc3ccccc32)c1. The van der Waals surface area contributed by atoms with Crippen molar-refractivity contribution >= 4 is 28.8 Å². The molecule has 4 heteroatoms. The predicted molar refractivity (Wildman–Crippen MR) is 214 cm³/mol. The first-order valence-electron chi connectivity index (χ1n) is 18.0. The zero-order valence-corrected chi connectivity index (χ0v) is 29.2. The first kappa shape index (κ1) is 29.1. The Morgan fingerprint density at radius 1 is 0.415 bits per heavy atom. The number of hydrogen-bond donors (Lipinski definition) is 0. The highest BCUT2D eigenvalue weighted by Gasteiger charge is 2.53. The highest BCUT2D eigenvalue weighted by molar-refractivity contribution is 7.99. The second-order valence-corrected chi connectivity index (χ2v) is 15.1. The lowest BCUT2D eigenvalue weighted by atomic mass is 9.70. The Morgan fingerprint density at radius 2 is 1.04 bits per heavy atom. The highest BCUT2D eigenvalue weighted by atomic mass is 32.2. The van der Waals surface area contributed by atoms with Gasteiger partial charge in [-0.05, 0) is 111 Å². The van der Waals surface area contributed by atoms with Gasteiger partial charge in [0.15, 0.2) is 23.0 Å². The Bertz CT molecular complexity index is 2770. The molecule has 0 bridgehead atoms. The second kappa shape index (κ2) is 10.8. The van der Waals surface area contributed by atoms with E-state index in [1.54, 1.807) is 0 Å². The third-order valence-corrected chi connectivity index (χ3v) is 12.5. The fourth-order valence-corrected chi connectivity index (χ4v) is 10.3. The van der Waals surface area contributed by atoms with Crippen LogP contribution in [0.5, 0.6) is 23.0 Å². The van der Waals surface area contributed by atoms with Crippen molar-refractivity contribution in [3.8, 4) is 56.4 Å². The molecule has 0 aromatic heterocycles. The average Bonchev–Trinajstić information content (AvgIpc) is 3.69. The minimum absolute atomic E-state index is 0.525. The van der Waals surface area contributed by atoms with Gasteiger partial charge in [-0.25, -0.2) is 0 Å². The molecule has 3 nitrogen and oxygen atoms in total. The molecule has 1 spiro atoms. The van der Waals surface area contributed by atoms with Gasteiger partial charge in [-0.15, -0.1) is 0 Å². The number of anilines is 3. The van der Waals surface area contributed by atoms with Crippen molar-refractivity contribution in [2.45, 2.75) is 15.2 Å². The van der Waals surface area contributed by atoms with Crippen molar-refractivity contribution in [1.82, 2.24) is 0 Å². The maximum absolute atomic E-state index is 6.78. The van der Waals surface area contributed by atoms with Crippen molar-refractivity contribution in [2.75, 3.05) is 4.90 Å². The smallest absolute Gasteiger partial charge is 0.178 e. The van der Waals surface area contributed by atoms with Gasteiger partial charge < -0.3 is 14.4 Å². The molecule has 53 heavy (non-hydrogen) atoms. The van der Waals surface area contributed by atoms with E-state index in [9.17, 15) is 0 Å². The first-order valence-corrected chi connectivity index (χ1v) is 18.8. The second-order valence-electron chi connectivity index (χ2n) is 14.0. The minimum atomic E-state index is -0.525. The summed E-state index contributed by atoms with van der Waals surface area (Å²) >= 11 is 1.83. The zero-order chi connectivity index (χ0) is 34.7. The van der Waals surface area contributed by atoms with Crippen molar-refractivity contribution in [3.05, 3.63) is 198 Å². The van der Waals surface area contributed by atoms with E-state index in [4.69, 9.17) is 9.47 Å². The fourth-order valence-electron chi connectivity index (χ4n) is 9.19. The van der Waals surface area contributed by atoms with Crippen molar-refractivity contribution in [2.24, 2.45) is 0 Å². The summed E-state index contributed by atoms with van der Waals surface area (Å²) in [4.78, 5) is 4.91. The van der Waals surface area contributed by atoms with E-state index in [1.807, 2.05) is 36.0 Å². The summed E-state index contributed by atoms with van der Waals surface area (Å²) in [6.45, 7) is 0. The molecule has 12 rings (SSSR count). The number of nitrogens with zero attached hydrogens (tertiary/aromatic N) is 1. The van der Waals surface area contributed by atoms with Gasteiger partial charge in [-0.2, -0.15) is 0 Å². The summed E-state index contributed by atoms with van der Waals surface area (Å²) in [7, 11) is 0. The minimum Gasteiger partial charge on any atom is -0.449 e. The molecule has 0 amide bonds. The van der Waals surface area contributed by atoms with Gasteiger partial charge in [0, 0.05) is 21.0 Å². The van der Waals surface area contributed by atoms with Crippen LogP contribution in [0.1, 0.15) is 22.3 Å². The molecule has 0 fully saturated rings. The molecule has 0 atom stereocenters. The first-order chi connectivity index (χ1) is 26.3. The molecule has 0 saturated carbocycles. The molecule has 2 heterocycles. The van der Waals surface area contributed by atoms with Crippen LogP contribution in [0, 0.1) is 0 Å². The van der Waals surface area contributed by atoms with E-state index in [2.05, 4.69) is 157 Å². The van der Waals surface area contributed by atoms with E-state index in [0.29, 0.717) is 0 Å². The lowest BCUT2D eigenvalue weighted by Crippen LogP contribution is -2.26. The molecule has 0 unspecified atom stereocenters. The molecular weight excluding hydrogens is 667 g/mol. The summed E-state index contributed by atoms with van der Waals surface area (Å²) in [5.41, 5.74) is 15.2. The lowest BCUT2D eigenvalue weighted by molar-refractivity contribution is 0.360. The fraction of sp³-hybridized carbons (Fsp3) is 0.0204. The van der Waals surface area contributed by atoms with Crippen LogP contribution in [0.4, 0.5) is 17.1 Å². The number of fused-ring (bicyclic) bond motifs is 15. The van der Waals surface area contributed by atoms with E-state index >= 15 is 0 Å². The number of ether oxygens (including phenoxy) is 2. The Balaban J connectivity index is 1.09. The summed E-state index contributed by atoms with van der Waals surface area (Å²) in [6, 6.07) is 63.5. The molecule has 8 aromatic carbocycles.